The second kappa shape index (κ2) is 9.97. The van der Waals surface area contributed by atoms with Crippen LogP contribution in [0.5, 0.6) is 0 Å². The molecule has 2 N–H and O–H groups in total. The van der Waals surface area contributed by atoms with Crippen molar-refractivity contribution in [3.05, 3.63) is 54.3 Å². The number of alkyl halides is 1. The number of H-pyrrole nitrogens is 1. The normalized spacial score (nSPS) is 23.4. The number of fused-ring (bicyclic) bond motifs is 1. The van der Waals surface area contributed by atoms with E-state index in [0.29, 0.717) is 54.9 Å². The second-order valence-electron chi connectivity index (χ2n) is 9.88. The molecule has 1 aliphatic heterocycles. The molecule has 5 rings (SSSR count). The van der Waals surface area contributed by atoms with Crippen LogP contribution >= 0.6 is 11.6 Å². The highest BCUT2D eigenvalue weighted by Crippen LogP contribution is 2.40. The molecule has 2 aromatic heterocycles. The molecule has 0 atom stereocenters. The number of para-hydroxylation sites is 1. The Morgan fingerprint density at radius 1 is 1.26 bits per heavy atom. The van der Waals surface area contributed by atoms with E-state index in [9.17, 15) is 4.79 Å². The third-order valence-electron chi connectivity index (χ3n) is 7.56. The molecule has 0 bridgehead atoms. The van der Waals surface area contributed by atoms with Crippen molar-refractivity contribution in [2.45, 2.75) is 56.7 Å². The number of aromatic amines is 1. The molecule has 2 fully saturated rings. The molecule has 0 radical (unpaired) electrons. The lowest BCUT2D eigenvalue weighted by atomic mass is 9.76. The monoisotopic (exact) mass is 495 g/mol. The second-order valence-corrected chi connectivity index (χ2v) is 10.3. The summed E-state index contributed by atoms with van der Waals surface area (Å²) in [7, 11) is 0. The molecule has 1 saturated carbocycles. The van der Waals surface area contributed by atoms with Gasteiger partial charge in [0.05, 0.1) is 16.9 Å². The Morgan fingerprint density at radius 3 is 2.74 bits per heavy atom. The number of benzene rings is 1. The molecular formula is C27H31ClFN5O. The molecule has 8 heteroatoms. The van der Waals surface area contributed by atoms with Crippen molar-refractivity contribution in [2.75, 3.05) is 18.4 Å². The van der Waals surface area contributed by atoms with Crippen LogP contribution in [0.1, 0.15) is 44.9 Å². The number of halogens is 2. The maximum Gasteiger partial charge on any atom is 0.245 e. The predicted octanol–water partition coefficient (Wildman–Crippen LogP) is 6.16. The Balaban J connectivity index is 1.18. The van der Waals surface area contributed by atoms with Crippen LogP contribution in [0.15, 0.2) is 49.3 Å². The first-order chi connectivity index (χ1) is 16.9. The van der Waals surface area contributed by atoms with Crippen molar-refractivity contribution in [1.82, 2.24) is 19.9 Å². The van der Waals surface area contributed by atoms with Gasteiger partial charge < -0.3 is 15.2 Å². The highest BCUT2D eigenvalue weighted by molar-refractivity contribution is 6.33. The molecular weight excluding hydrogens is 465 g/mol. The quantitative estimate of drug-likeness (QED) is 0.402. The molecule has 1 aliphatic carbocycles. The Bertz CT molecular complexity index is 1210. The van der Waals surface area contributed by atoms with Gasteiger partial charge in [-0.15, -0.1) is 0 Å². The summed E-state index contributed by atoms with van der Waals surface area (Å²) in [4.78, 5) is 26.0. The third kappa shape index (κ3) is 5.20. The van der Waals surface area contributed by atoms with Crippen molar-refractivity contribution < 1.29 is 9.18 Å². The Labute approximate surface area is 210 Å². The molecule has 6 nitrogen and oxygen atoms in total. The Kier molecular flexibility index (Phi) is 6.78. The average Bonchev–Trinajstić information content (AvgIpc) is 3.31. The Morgan fingerprint density at radius 2 is 2.00 bits per heavy atom. The topological polar surface area (TPSA) is 73.9 Å². The standard InChI is InChI=1S/C27H31ClFN5O/c1-2-24(35)34-13-9-18(10-14-34)15-27(29)11-7-19(8-12-27)32-26-31-17-22(28)25(33-26)21-16-30-23-6-4-3-5-20(21)23/h2-6,16-19,30H,1,7-15H2,(H,31,32,33). The average molecular weight is 496 g/mol. The molecule has 2 aliphatic rings. The van der Waals surface area contributed by atoms with Gasteiger partial charge in [-0.3, -0.25) is 4.79 Å². The van der Waals surface area contributed by atoms with Crippen LogP contribution < -0.4 is 5.32 Å². The summed E-state index contributed by atoms with van der Waals surface area (Å²) in [5.41, 5.74) is 1.50. The van der Waals surface area contributed by atoms with Crippen molar-refractivity contribution in [3.63, 3.8) is 0 Å². The zero-order chi connectivity index (χ0) is 24.4. The summed E-state index contributed by atoms with van der Waals surface area (Å²) < 4.78 is 15.7. The first kappa shape index (κ1) is 23.8. The smallest absolute Gasteiger partial charge is 0.245 e. The van der Waals surface area contributed by atoms with Gasteiger partial charge in [-0.2, -0.15) is 0 Å². The minimum Gasteiger partial charge on any atom is -0.360 e. The maximum atomic E-state index is 15.7. The highest BCUT2D eigenvalue weighted by Gasteiger charge is 2.38. The molecule has 184 valence electrons. The van der Waals surface area contributed by atoms with E-state index in [1.54, 1.807) is 6.20 Å². The van der Waals surface area contributed by atoms with Crippen LogP contribution in [-0.2, 0) is 4.79 Å². The molecule has 3 heterocycles. The van der Waals surface area contributed by atoms with E-state index in [4.69, 9.17) is 16.6 Å². The number of nitrogens with one attached hydrogen (secondary N) is 2. The number of piperidine rings is 1. The lowest BCUT2D eigenvalue weighted by molar-refractivity contribution is -0.127. The number of likely N-dealkylation sites (tertiary alicyclic amines) is 1. The van der Waals surface area contributed by atoms with E-state index in [-0.39, 0.29) is 11.9 Å². The van der Waals surface area contributed by atoms with Gasteiger partial charge in [-0.05, 0) is 63.0 Å². The first-order valence-corrected chi connectivity index (χ1v) is 12.8. The summed E-state index contributed by atoms with van der Waals surface area (Å²) in [6, 6.07) is 8.16. The number of carbonyl (C=O) groups excluding carboxylic acids is 1. The Hall–Kier alpha value is -2.93. The van der Waals surface area contributed by atoms with Gasteiger partial charge in [0.15, 0.2) is 0 Å². The summed E-state index contributed by atoms with van der Waals surface area (Å²) in [5.74, 6) is 0.823. The van der Waals surface area contributed by atoms with Crippen molar-refractivity contribution >= 4 is 34.4 Å². The van der Waals surface area contributed by atoms with Gasteiger partial charge in [0.2, 0.25) is 11.9 Å². The lowest BCUT2D eigenvalue weighted by Crippen LogP contribution is -2.41. The van der Waals surface area contributed by atoms with Crippen LogP contribution in [-0.4, -0.2) is 50.6 Å². The molecule has 3 aromatic rings. The molecule has 0 unspecified atom stereocenters. The van der Waals surface area contributed by atoms with Gasteiger partial charge in [0.25, 0.3) is 0 Å². The van der Waals surface area contributed by atoms with Crippen LogP contribution in [0.25, 0.3) is 22.2 Å². The van der Waals surface area contributed by atoms with E-state index in [1.165, 1.54) is 6.08 Å². The predicted molar refractivity (Wildman–Crippen MR) is 138 cm³/mol. The van der Waals surface area contributed by atoms with Gasteiger partial charge >= 0.3 is 0 Å². The number of rotatable bonds is 6. The molecule has 1 aromatic carbocycles. The zero-order valence-electron chi connectivity index (χ0n) is 19.8. The number of carbonyl (C=O) groups is 1. The molecule has 35 heavy (non-hydrogen) atoms. The van der Waals surface area contributed by atoms with Gasteiger partial charge in [0.1, 0.15) is 5.67 Å². The number of aromatic nitrogens is 3. The zero-order valence-corrected chi connectivity index (χ0v) is 20.5. The summed E-state index contributed by atoms with van der Waals surface area (Å²) in [6.45, 7) is 4.95. The number of amides is 1. The molecule has 1 amide bonds. The van der Waals surface area contributed by atoms with E-state index in [0.717, 1.165) is 42.1 Å². The van der Waals surface area contributed by atoms with E-state index in [2.05, 4.69) is 21.9 Å². The van der Waals surface area contributed by atoms with Crippen LogP contribution in [0.3, 0.4) is 0 Å². The minimum atomic E-state index is -1.14. The van der Waals surface area contributed by atoms with E-state index >= 15 is 4.39 Å². The van der Waals surface area contributed by atoms with Gasteiger partial charge in [0, 0.05) is 41.8 Å². The van der Waals surface area contributed by atoms with Crippen LogP contribution in [0.2, 0.25) is 5.02 Å². The fourth-order valence-corrected chi connectivity index (χ4v) is 5.76. The van der Waals surface area contributed by atoms with Crippen molar-refractivity contribution in [3.8, 4) is 11.3 Å². The van der Waals surface area contributed by atoms with Gasteiger partial charge in [-0.25, -0.2) is 14.4 Å². The van der Waals surface area contributed by atoms with Gasteiger partial charge in [-0.1, -0.05) is 36.4 Å². The van der Waals surface area contributed by atoms with Crippen molar-refractivity contribution in [2.24, 2.45) is 5.92 Å². The van der Waals surface area contributed by atoms with Crippen LogP contribution in [0, 0.1) is 5.92 Å². The first-order valence-electron chi connectivity index (χ1n) is 12.4. The number of nitrogens with zero attached hydrogens (tertiary/aromatic N) is 3. The molecule has 1 saturated heterocycles. The third-order valence-corrected chi connectivity index (χ3v) is 7.84. The fraction of sp³-hybridized carbons (Fsp3) is 0.444. The minimum absolute atomic E-state index is 0.0257. The summed E-state index contributed by atoms with van der Waals surface area (Å²) in [6.07, 6.45) is 9.73. The van der Waals surface area contributed by atoms with Crippen LogP contribution in [0.4, 0.5) is 10.3 Å². The number of anilines is 1. The highest BCUT2D eigenvalue weighted by atomic mass is 35.5. The molecule has 0 spiro atoms. The van der Waals surface area contributed by atoms with E-state index in [1.807, 2.05) is 35.4 Å². The fourth-order valence-electron chi connectivity index (χ4n) is 5.56. The largest absolute Gasteiger partial charge is 0.360 e. The summed E-state index contributed by atoms with van der Waals surface area (Å²) >= 11 is 6.45. The SMILES string of the molecule is C=CC(=O)N1CCC(CC2(F)CCC(Nc3ncc(Cl)c(-c4c[nH]c5ccccc45)n3)CC2)CC1. The number of hydrogen-bond acceptors (Lipinski definition) is 4. The van der Waals surface area contributed by atoms with E-state index < -0.39 is 5.67 Å². The maximum absolute atomic E-state index is 15.7. The van der Waals surface area contributed by atoms with Crippen molar-refractivity contribution in [1.29, 1.82) is 0 Å². The lowest BCUT2D eigenvalue weighted by Gasteiger charge is -2.39. The number of hydrogen-bond donors (Lipinski definition) is 2. The summed E-state index contributed by atoms with van der Waals surface area (Å²) in [5, 5.41) is 4.96.